The molecule has 0 spiro atoms. The molecule has 2 aromatic heterocycles. The highest BCUT2D eigenvalue weighted by molar-refractivity contribution is 6.40. The van der Waals surface area contributed by atoms with Gasteiger partial charge in [0, 0.05) is 45.1 Å². The molecule has 0 unspecified atom stereocenters. The number of anilines is 2. The lowest BCUT2D eigenvalue weighted by atomic mass is 10.0. The number of para-hydroxylation sites is 2. The molecule has 0 bridgehead atoms. The fourth-order valence-electron chi connectivity index (χ4n) is 5.39. The van der Waals surface area contributed by atoms with Crippen molar-refractivity contribution >= 4 is 46.3 Å². The first-order valence-electron chi connectivity index (χ1n) is 16.4. The lowest BCUT2D eigenvalue weighted by Crippen LogP contribution is -2.13. The van der Waals surface area contributed by atoms with Crippen molar-refractivity contribution in [3.63, 3.8) is 0 Å². The van der Waals surface area contributed by atoms with Crippen LogP contribution in [0.15, 0.2) is 119 Å². The first-order valence-corrected chi connectivity index (χ1v) is 17.2. The molecule has 6 rings (SSSR count). The van der Waals surface area contributed by atoms with Crippen LogP contribution in [0.4, 0.5) is 11.6 Å². The van der Waals surface area contributed by atoms with Crippen LogP contribution in [0.2, 0.25) is 10.0 Å². The molecule has 2 heterocycles. The molecule has 0 atom stereocenters. The van der Waals surface area contributed by atoms with E-state index in [1.54, 1.807) is 14.2 Å². The third kappa shape index (κ3) is 8.90. The average Bonchev–Trinajstić information content (AvgIpc) is 3.17. The Bertz CT molecular complexity index is 2070. The first-order chi connectivity index (χ1) is 25.3. The number of hydrogen-bond donors (Lipinski definition) is 2. The number of halogens is 2. The van der Waals surface area contributed by atoms with Crippen LogP contribution in [-0.2, 0) is 12.8 Å². The molecule has 4 aromatic carbocycles. The quantitative estimate of drug-likeness (QED) is 0.0891. The van der Waals surface area contributed by atoms with E-state index in [9.17, 15) is 0 Å². The molecule has 262 valence electrons. The smallest absolute Gasteiger partial charge is 0.172 e. The van der Waals surface area contributed by atoms with Crippen molar-refractivity contribution in [2.45, 2.75) is 26.7 Å². The van der Waals surface area contributed by atoms with Gasteiger partial charge in [0.25, 0.3) is 0 Å². The maximum Gasteiger partial charge on any atom is 0.172 e. The van der Waals surface area contributed by atoms with Gasteiger partial charge in [-0.05, 0) is 73.5 Å². The molecule has 12 heteroatoms. The van der Waals surface area contributed by atoms with Gasteiger partial charge in [0.05, 0.1) is 37.0 Å². The monoisotopic (exact) mass is 730 g/mol. The van der Waals surface area contributed by atoms with Gasteiger partial charge < -0.3 is 9.47 Å². The molecule has 0 fully saturated rings. The maximum atomic E-state index is 6.13. The van der Waals surface area contributed by atoms with Gasteiger partial charge in [-0.15, -0.1) is 20.4 Å². The molecular weight excluding hydrogens is 695 g/mol. The van der Waals surface area contributed by atoms with Crippen LogP contribution < -0.4 is 20.3 Å². The standard InChI is InChI=1S/C40H36Cl2N8O2/c1-25(43-47-39-31(21-29-9-5-7-11-37(29)51-3)23-35(45-49-39)27-13-17-33(41)18-14-27)26(2)44-48-40-32(22-30-10-6-8-12-38(30)52-4)24-36(46-50-40)28-15-19-34(42)20-16-28/h5-20,23-24H,21-22H2,1-4H3,(H,47,49)(H,48,50)/b43-25-,44-26-. The maximum absolute atomic E-state index is 6.13. The number of aromatic nitrogens is 4. The van der Waals surface area contributed by atoms with Gasteiger partial charge in [0.2, 0.25) is 0 Å². The van der Waals surface area contributed by atoms with E-state index in [1.165, 1.54) is 0 Å². The zero-order valence-electron chi connectivity index (χ0n) is 29.1. The molecule has 52 heavy (non-hydrogen) atoms. The van der Waals surface area contributed by atoms with E-state index in [4.69, 9.17) is 32.7 Å². The molecule has 0 aliphatic rings. The molecule has 0 aliphatic carbocycles. The van der Waals surface area contributed by atoms with Crippen LogP contribution >= 0.6 is 23.2 Å². The highest BCUT2D eigenvalue weighted by Crippen LogP contribution is 2.29. The minimum absolute atomic E-state index is 0.506. The van der Waals surface area contributed by atoms with E-state index in [0.717, 1.165) is 44.9 Å². The van der Waals surface area contributed by atoms with E-state index in [0.29, 0.717) is 57.3 Å². The molecule has 0 radical (unpaired) electrons. The van der Waals surface area contributed by atoms with Crippen molar-refractivity contribution in [2.75, 3.05) is 25.1 Å². The zero-order valence-corrected chi connectivity index (χ0v) is 30.6. The number of nitrogens with one attached hydrogen (secondary N) is 2. The summed E-state index contributed by atoms with van der Waals surface area (Å²) in [5, 5.41) is 28.6. The number of ether oxygens (including phenoxy) is 2. The highest BCUT2D eigenvalue weighted by atomic mass is 35.5. The Hall–Kier alpha value is -5.84. The summed E-state index contributed by atoms with van der Waals surface area (Å²) in [4.78, 5) is 0. The Morgan fingerprint density at radius 3 is 1.31 bits per heavy atom. The Kier molecular flexibility index (Phi) is 11.7. The fourth-order valence-corrected chi connectivity index (χ4v) is 5.64. The van der Waals surface area contributed by atoms with Crippen LogP contribution in [0, 0.1) is 0 Å². The van der Waals surface area contributed by atoms with Crippen molar-refractivity contribution in [2.24, 2.45) is 10.2 Å². The SMILES string of the molecule is COc1ccccc1Cc1cc(-c2ccc(Cl)cc2)nnc1N/N=C(C)\C(C)=N/Nc1nnc(-c2ccc(Cl)cc2)cc1Cc1ccccc1OC. The zero-order chi connectivity index (χ0) is 36.5. The largest absolute Gasteiger partial charge is 0.496 e. The Labute approximate surface area is 312 Å². The second kappa shape index (κ2) is 16.9. The van der Waals surface area contributed by atoms with Crippen molar-refractivity contribution in [1.29, 1.82) is 0 Å². The van der Waals surface area contributed by atoms with Crippen molar-refractivity contribution in [3.8, 4) is 34.0 Å². The molecule has 0 amide bonds. The van der Waals surface area contributed by atoms with Gasteiger partial charge in [-0.1, -0.05) is 83.9 Å². The Balaban J connectivity index is 1.26. The van der Waals surface area contributed by atoms with Crippen molar-refractivity contribution < 1.29 is 9.47 Å². The Morgan fingerprint density at radius 2 is 0.923 bits per heavy atom. The van der Waals surface area contributed by atoms with Gasteiger partial charge in [0.15, 0.2) is 11.6 Å². The third-order valence-corrected chi connectivity index (χ3v) is 8.86. The van der Waals surface area contributed by atoms with Gasteiger partial charge in [-0.3, -0.25) is 10.9 Å². The summed E-state index contributed by atoms with van der Waals surface area (Å²) in [5.74, 6) is 2.57. The number of rotatable bonds is 13. The van der Waals surface area contributed by atoms with Crippen molar-refractivity contribution in [1.82, 2.24) is 20.4 Å². The van der Waals surface area contributed by atoms with Crippen LogP contribution in [0.3, 0.4) is 0 Å². The first kappa shape index (κ1) is 36.0. The van der Waals surface area contributed by atoms with Gasteiger partial charge in [0.1, 0.15) is 11.5 Å². The average molecular weight is 732 g/mol. The minimum atomic E-state index is 0.506. The van der Waals surface area contributed by atoms with Crippen LogP contribution in [0.1, 0.15) is 36.1 Å². The molecule has 0 saturated carbocycles. The molecule has 0 aliphatic heterocycles. The van der Waals surface area contributed by atoms with Gasteiger partial charge in [-0.2, -0.15) is 10.2 Å². The summed E-state index contributed by atoms with van der Waals surface area (Å²) in [5.41, 5.74) is 14.4. The predicted molar refractivity (Wildman–Crippen MR) is 210 cm³/mol. The van der Waals surface area contributed by atoms with Gasteiger partial charge in [-0.25, -0.2) is 0 Å². The van der Waals surface area contributed by atoms with E-state index < -0.39 is 0 Å². The number of nitrogens with zero attached hydrogens (tertiary/aromatic N) is 6. The molecule has 6 aromatic rings. The normalized spacial score (nSPS) is 11.7. The molecular formula is C40H36Cl2N8O2. The second-order valence-corrected chi connectivity index (χ2v) is 12.7. The van der Waals surface area contributed by atoms with E-state index >= 15 is 0 Å². The lowest BCUT2D eigenvalue weighted by Gasteiger charge is -2.13. The summed E-state index contributed by atoms with van der Waals surface area (Å²) in [7, 11) is 3.32. The molecule has 10 nitrogen and oxygen atoms in total. The van der Waals surface area contributed by atoms with Gasteiger partial charge >= 0.3 is 0 Å². The summed E-state index contributed by atoms with van der Waals surface area (Å²) in [6, 6.07) is 34.7. The van der Waals surface area contributed by atoms with Crippen molar-refractivity contribution in [3.05, 3.63) is 141 Å². The fraction of sp³-hybridized carbons (Fsp3) is 0.150. The summed E-state index contributed by atoms with van der Waals surface area (Å²) in [6.07, 6.45) is 1.07. The number of methoxy groups -OCH3 is 2. The molecule has 2 N–H and O–H groups in total. The number of hydrogen-bond acceptors (Lipinski definition) is 10. The van der Waals surface area contributed by atoms with E-state index in [1.807, 2.05) is 123 Å². The lowest BCUT2D eigenvalue weighted by molar-refractivity contribution is 0.410. The third-order valence-electron chi connectivity index (χ3n) is 8.36. The summed E-state index contributed by atoms with van der Waals surface area (Å²) in [6.45, 7) is 3.71. The summed E-state index contributed by atoms with van der Waals surface area (Å²) < 4.78 is 11.2. The van der Waals surface area contributed by atoms with Crippen LogP contribution in [0.25, 0.3) is 22.5 Å². The van der Waals surface area contributed by atoms with E-state index in [-0.39, 0.29) is 0 Å². The van der Waals surface area contributed by atoms with Crippen LogP contribution in [-0.4, -0.2) is 46.0 Å². The Morgan fingerprint density at radius 1 is 0.538 bits per heavy atom. The number of benzene rings is 4. The molecule has 0 saturated heterocycles. The highest BCUT2D eigenvalue weighted by Gasteiger charge is 2.15. The summed E-state index contributed by atoms with van der Waals surface area (Å²) >= 11 is 12.3. The van der Waals surface area contributed by atoms with Crippen LogP contribution in [0.5, 0.6) is 11.5 Å². The number of hydrazone groups is 2. The predicted octanol–water partition coefficient (Wildman–Crippen LogP) is 9.38. The minimum Gasteiger partial charge on any atom is -0.496 e. The van der Waals surface area contributed by atoms with E-state index in [2.05, 4.69) is 41.4 Å². The second-order valence-electron chi connectivity index (χ2n) is 11.8. The topological polar surface area (TPSA) is 119 Å².